The maximum Gasteiger partial charge on any atom is 0.416 e. The first kappa shape index (κ1) is 18.9. The van der Waals surface area contributed by atoms with Crippen molar-refractivity contribution in [1.82, 2.24) is 4.31 Å². The molecular weight excluding hydrogens is 359 g/mol. The molecule has 0 aliphatic heterocycles. The molecule has 2 aromatic carbocycles. The maximum absolute atomic E-state index is 13.0. The Kier molecular flexibility index (Phi) is 4.92. The lowest BCUT2D eigenvalue weighted by Gasteiger charge is -2.14. The summed E-state index contributed by atoms with van der Waals surface area (Å²) in [6.07, 6.45) is -4.73. The molecule has 0 unspecified atom stereocenters. The number of benzene rings is 2. The number of halogens is 3. The highest BCUT2D eigenvalue weighted by molar-refractivity contribution is 7.89. The Labute approximate surface area is 142 Å². The van der Waals surface area contributed by atoms with Gasteiger partial charge in [-0.3, -0.25) is 0 Å². The van der Waals surface area contributed by atoms with Crippen LogP contribution in [-0.2, 0) is 16.2 Å². The Balaban J connectivity index is 2.67. The fourth-order valence-electron chi connectivity index (χ4n) is 2.13. The summed E-state index contributed by atoms with van der Waals surface area (Å²) in [5.41, 5.74) is -1.53. The van der Waals surface area contributed by atoms with E-state index in [-0.39, 0.29) is 16.0 Å². The fourth-order valence-corrected chi connectivity index (χ4v) is 3.08. The molecule has 0 saturated carbocycles. The van der Waals surface area contributed by atoms with E-state index in [0.717, 1.165) is 16.4 Å². The molecule has 0 fully saturated rings. The quantitative estimate of drug-likeness (QED) is 0.892. The molecule has 2 rings (SSSR count). The topological polar surface area (TPSA) is 74.7 Å². The highest BCUT2D eigenvalue weighted by Crippen LogP contribution is 2.34. The van der Waals surface area contributed by atoms with Gasteiger partial charge in [0.25, 0.3) is 0 Å². The Morgan fingerprint density at radius 1 is 1.04 bits per heavy atom. The van der Waals surface area contributed by atoms with Crippen LogP contribution in [0.25, 0.3) is 11.1 Å². The highest BCUT2D eigenvalue weighted by atomic mass is 32.2. The van der Waals surface area contributed by atoms with Crippen LogP contribution in [-0.4, -0.2) is 37.9 Å². The van der Waals surface area contributed by atoms with E-state index in [1.165, 1.54) is 38.4 Å². The third kappa shape index (κ3) is 3.99. The summed E-state index contributed by atoms with van der Waals surface area (Å²) >= 11 is 0. The molecule has 1 N–H and O–H groups in total. The second kappa shape index (κ2) is 6.49. The number of carboxylic acids is 1. The molecule has 5 nitrogen and oxygen atoms in total. The van der Waals surface area contributed by atoms with E-state index in [1.807, 2.05) is 0 Å². The van der Waals surface area contributed by atoms with Gasteiger partial charge in [0.05, 0.1) is 16.0 Å². The number of carbonyl (C=O) groups is 1. The maximum atomic E-state index is 13.0. The smallest absolute Gasteiger partial charge is 0.416 e. The first-order valence-corrected chi connectivity index (χ1v) is 8.35. The number of hydrogen-bond acceptors (Lipinski definition) is 3. The summed E-state index contributed by atoms with van der Waals surface area (Å²) in [5.74, 6) is -1.51. The number of alkyl halides is 3. The summed E-state index contributed by atoms with van der Waals surface area (Å²) in [7, 11) is -1.12. The van der Waals surface area contributed by atoms with Crippen molar-refractivity contribution in [1.29, 1.82) is 0 Å². The van der Waals surface area contributed by atoms with Gasteiger partial charge < -0.3 is 5.11 Å². The molecule has 0 saturated heterocycles. The lowest BCUT2D eigenvalue weighted by Crippen LogP contribution is -2.22. The number of nitrogens with zero attached hydrogens (tertiary/aromatic N) is 1. The van der Waals surface area contributed by atoms with E-state index in [0.29, 0.717) is 6.07 Å². The highest BCUT2D eigenvalue weighted by Gasteiger charge is 2.32. The minimum Gasteiger partial charge on any atom is -0.478 e. The van der Waals surface area contributed by atoms with E-state index in [9.17, 15) is 26.4 Å². The van der Waals surface area contributed by atoms with E-state index < -0.39 is 33.3 Å². The minimum atomic E-state index is -4.73. The molecule has 134 valence electrons. The van der Waals surface area contributed by atoms with Gasteiger partial charge in [0, 0.05) is 14.1 Å². The van der Waals surface area contributed by atoms with Crippen LogP contribution in [0.15, 0.2) is 47.4 Å². The number of carboxylic acid groups (broad SMARTS) is 1. The van der Waals surface area contributed by atoms with Gasteiger partial charge in [-0.15, -0.1) is 0 Å². The van der Waals surface area contributed by atoms with Crippen molar-refractivity contribution in [2.75, 3.05) is 14.1 Å². The Morgan fingerprint density at radius 2 is 1.68 bits per heavy atom. The third-order valence-corrected chi connectivity index (χ3v) is 5.26. The molecule has 0 amide bonds. The molecular formula is C16H14F3NO4S. The first-order valence-electron chi connectivity index (χ1n) is 6.91. The fraction of sp³-hybridized carbons (Fsp3) is 0.188. The van der Waals surface area contributed by atoms with Crippen LogP contribution in [0.3, 0.4) is 0 Å². The summed E-state index contributed by atoms with van der Waals surface area (Å²) in [4.78, 5) is 11.0. The second-order valence-corrected chi connectivity index (χ2v) is 7.57. The number of hydrogen-bond donors (Lipinski definition) is 1. The van der Waals surface area contributed by atoms with Crippen LogP contribution >= 0.6 is 0 Å². The van der Waals surface area contributed by atoms with Gasteiger partial charge in [0.15, 0.2) is 0 Å². The summed E-state index contributed by atoms with van der Waals surface area (Å²) < 4.78 is 64.3. The minimum absolute atomic E-state index is 0.0389. The molecule has 0 atom stereocenters. The van der Waals surface area contributed by atoms with Gasteiger partial charge in [0.1, 0.15) is 0 Å². The van der Waals surface area contributed by atoms with Crippen LogP contribution < -0.4 is 0 Å². The average Bonchev–Trinajstić information content (AvgIpc) is 2.53. The third-order valence-electron chi connectivity index (χ3n) is 3.45. The zero-order valence-electron chi connectivity index (χ0n) is 13.2. The lowest BCUT2D eigenvalue weighted by atomic mass is 9.99. The van der Waals surface area contributed by atoms with Crippen LogP contribution in [0.5, 0.6) is 0 Å². The molecule has 0 spiro atoms. The van der Waals surface area contributed by atoms with E-state index in [1.54, 1.807) is 0 Å². The largest absolute Gasteiger partial charge is 0.478 e. The molecule has 0 aliphatic carbocycles. The van der Waals surface area contributed by atoms with Gasteiger partial charge >= 0.3 is 12.1 Å². The molecule has 0 aromatic heterocycles. The van der Waals surface area contributed by atoms with Crippen molar-refractivity contribution < 1.29 is 31.5 Å². The normalized spacial score (nSPS) is 12.4. The zero-order valence-corrected chi connectivity index (χ0v) is 14.0. The molecule has 9 heteroatoms. The van der Waals surface area contributed by atoms with Crippen molar-refractivity contribution in [3.63, 3.8) is 0 Å². The van der Waals surface area contributed by atoms with Gasteiger partial charge in [-0.25, -0.2) is 17.5 Å². The Hall–Kier alpha value is -2.39. The van der Waals surface area contributed by atoms with E-state index in [4.69, 9.17) is 5.11 Å². The monoisotopic (exact) mass is 373 g/mol. The van der Waals surface area contributed by atoms with Crippen LogP contribution in [0.4, 0.5) is 13.2 Å². The predicted octanol–water partition coefficient (Wildman–Crippen LogP) is 3.32. The van der Waals surface area contributed by atoms with Crippen molar-refractivity contribution in [3.05, 3.63) is 53.6 Å². The first-order chi connectivity index (χ1) is 11.4. The number of aromatic carboxylic acids is 1. The molecule has 0 bridgehead atoms. The molecule has 2 aromatic rings. The molecule has 0 heterocycles. The second-order valence-electron chi connectivity index (χ2n) is 5.42. The van der Waals surface area contributed by atoms with Gasteiger partial charge in [0.2, 0.25) is 10.0 Å². The number of rotatable bonds is 4. The average molecular weight is 373 g/mol. The van der Waals surface area contributed by atoms with Gasteiger partial charge in [-0.1, -0.05) is 12.1 Å². The summed E-state index contributed by atoms with van der Waals surface area (Å²) in [6.45, 7) is 0. The van der Waals surface area contributed by atoms with Crippen LogP contribution in [0.2, 0.25) is 0 Å². The molecule has 0 aliphatic rings. The van der Waals surface area contributed by atoms with Crippen LogP contribution in [0.1, 0.15) is 15.9 Å². The number of sulfonamides is 1. The molecule has 25 heavy (non-hydrogen) atoms. The predicted molar refractivity (Wildman–Crippen MR) is 84.7 cm³/mol. The van der Waals surface area contributed by atoms with Crippen molar-refractivity contribution in [2.24, 2.45) is 0 Å². The summed E-state index contributed by atoms with van der Waals surface area (Å²) in [5, 5.41) is 9.03. The van der Waals surface area contributed by atoms with E-state index >= 15 is 0 Å². The van der Waals surface area contributed by atoms with Crippen molar-refractivity contribution >= 4 is 16.0 Å². The van der Waals surface area contributed by atoms with Crippen molar-refractivity contribution in [2.45, 2.75) is 11.1 Å². The Morgan fingerprint density at radius 3 is 2.20 bits per heavy atom. The summed E-state index contributed by atoms with van der Waals surface area (Å²) in [6, 6.07) is 7.70. The van der Waals surface area contributed by atoms with E-state index in [2.05, 4.69) is 0 Å². The van der Waals surface area contributed by atoms with Crippen molar-refractivity contribution in [3.8, 4) is 11.1 Å². The molecule has 0 radical (unpaired) electrons. The Bertz CT molecular complexity index is 921. The lowest BCUT2D eigenvalue weighted by molar-refractivity contribution is -0.137. The SMILES string of the molecule is CN(C)S(=O)(=O)c1cccc(-c2cc(C(=O)O)cc(C(F)(F)F)c2)c1. The van der Waals surface area contributed by atoms with Gasteiger partial charge in [-0.05, 0) is 41.5 Å². The van der Waals surface area contributed by atoms with Gasteiger partial charge in [-0.2, -0.15) is 13.2 Å². The standard InChI is InChI=1S/C16H14F3NO4S/c1-20(2)25(23,24)14-5-3-4-10(9-14)11-6-12(15(21)22)8-13(7-11)16(17,18)19/h3-9H,1-2H3,(H,21,22). The van der Waals surface area contributed by atoms with Crippen LogP contribution in [0, 0.1) is 0 Å². The zero-order chi connectivity index (χ0) is 19.0.